The maximum atomic E-state index is 4.45. The predicted octanol–water partition coefficient (Wildman–Crippen LogP) is 2.67. The van der Waals surface area contributed by atoms with Crippen molar-refractivity contribution in [2.45, 2.75) is 32.7 Å². The summed E-state index contributed by atoms with van der Waals surface area (Å²) >= 11 is 0. The van der Waals surface area contributed by atoms with Crippen molar-refractivity contribution in [1.82, 2.24) is 14.9 Å². The van der Waals surface area contributed by atoms with Gasteiger partial charge in [-0.3, -0.25) is 0 Å². The maximum absolute atomic E-state index is 4.45. The maximum Gasteiger partial charge on any atom is 0.0949 e. The quantitative estimate of drug-likeness (QED) is 0.737. The van der Waals surface area contributed by atoms with Crippen molar-refractivity contribution in [3.8, 4) is 0 Å². The van der Waals surface area contributed by atoms with Crippen molar-refractivity contribution in [2.75, 3.05) is 13.1 Å². The van der Waals surface area contributed by atoms with Gasteiger partial charge in [-0.2, -0.15) is 0 Å². The average Bonchev–Trinajstić information content (AvgIpc) is 2.91. The van der Waals surface area contributed by atoms with E-state index < -0.39 is 0 Å². The molecule has 0 aliphatic heterocycles. The first-order valence-corrected chi connectivity index (χ1v) is 7.14. The van der Waals surface area contributed by atoms with E-state index in [9.17, 15) is 0 Å². The van der Waals surface area contributed by atoms with Gasteiger partial charge in [0.15, 0.2) is 0 Å². The van der Waals surface area contributed by atoms with Gasteiger partial charge in [-0.15, -0.1) is 0 Å². The Balaban J connectivity index is 1.74. The molecule has 102 valence electrons. The van der Waals surface area contributed by atoms with E-state index in [0.717, 1.165) is 32.5 Å². The molecule has 1 aromatic carbocycles. The van der Waals surface area contributed by atoms with Crippen LogP contribution in [0.2, 0.25) is 0 Å². The lowest BCUT2D eigenvalue weighted by Gasteiger charge is -2.02. The van der Waals surface area contributed by atoms with Crippen molar-refractivity contribution in [3.63, 3.8) is 0 Å². The molecule has 0 saturated carbocycles. The highest BCUT2D eigenvalue weighted by atomic mass is 15.0. The van der Waals surface area contributed by atoms with E-state index in [1.54, 1.807) is 0 Å². The van der Waals surface area contributed by atoms with Gasteiger partial charge in [0.05, 0.1) is 12.0 Å². The molecule has 0 saturated heterocycles. The van der Waals surface area contributed by atoms with Crippen LogP contribution < -0.4 is 5.32 Å². The highest BCUT2D eigenvalue weighted by Crippen LogP contribution is 2.03. The summed E-state index contributed by atoms with van der Waals surface area (Å²) in [5, 5.41) is 3.40. The number of aryl methyl sites for hydroxylation is 2. The minimum Gasteiger partial charge on any atom is -0.337 e. The molecule has 0 fully saturated rings. The van der Waals surface area contributed by atoms with Crippen LogP contribution in [0.1, 0.15) is 24.6 Å². The topological polar surface area (TPSA) is 29.9 Å². The Labute approximate surface area is 115 Å². The van der Waals surface area contributed by atoms with Crippen molar-refractivity contribution in [1.29, 1.82) is 0 Å². The van der Waals surface area contributed by atoms with Gasteiger partial charge in [0.25, 0.3) is 0 Å². The van der Waals surface area contributed by atoms with Crippen molar-refractivity contribution in [2.24, 2.45) is 0 Å². The Morgan fingerprint density at radius 3 is 2.74 bits per heavy atom. The van der Waals surface area contributed by atoms with Crippen LogP contribution in [0.15, 0.2) is 42.9 Å². The number of aromatic nitrogens is 2. The fourth-order valence-electron chi connectivity index (χ4n) is 2.08. The Hall–Kier alpha value is -1.61. The summed E-state index contributed by atoms with van der Waals surface area (Å²) in [5.74, 6) is 0. The molecule has 1 aromatic heterocycles. The van der Waals surface area contributed by atoms with E-state index in [1.807, 2.05) is 6.33 Å². The van der Waals surface area contributed by atoms with Crippen LogP contribution in [0.3, 0.4) is 0 Å². The lowest BCUT2D eigenvalue weighted by atomic mass is 10.1. The first kappa shape index (κ1) is 13.8. The molecule has 1 heterocycles. The molecule has 3 nitrogen and oxygen atoms in total. The standard InChI is InChI=1S/C16H23N3/c1-2-10-17-11-8-16-13-19(14-18-16)12-9-15-6-4-3-5-7-15/h3-7,13-14,17H,2,8-12H2,1H3. The van der Waals surface area contributed by atoms with E-state index in [2.05, 4.69) is 58.3 Å². The normalized spacial score (nSPS) is 10.8. The third-order valence-corrected chi connectivity index (χ3v) is 3.17. The molecule has 2 aromatic rings. The van der Waals surface area contributed by atoms with Crippen LogP contribution in [0.25, 0.3) is 0 Å². The third kappa shape index (κ3) is 4.87. The Kier molecular flexibility index (Phi) is 5.63. The van der Waals surface area contributed by atoms with E-state index in [-0.39, 0.29) is 0 Å². The number of imidazole rings is 1. The van der Waals surface area contributed by atoms with E-state index in [0.29, 0.717) is 0 Å². The van der Waals surface area contributed by atoms with Crippen LogP contribution in [0.5, 0.6) is 0 Å². The summed E-state index contributed by atoms with van der Waals surface area (Å²) < 4.78 is 2.18. The minimum atomic E-state index is 0.999. The molecule has 3 heteroatoms. The minimum absolute atomic E-state index is 0.999. The van der Waals surface area contributed by atoms with E-state index in [4.69, 9.17) is 0 Å². The first-order chi connectivity index (χ1) is 9.38. The highest BCUT2D eigenvalue weighted by molar-refractivity contribution is 5.14. The Bertz CT molecular complexity index is 462. The van der Waals surface area contributed by atoms with Gasteiger partial charge in [0.1, 0.15) is 0 Å². The van der Waals surface area contributed by atoms with Crippen LogP contribution in [-0.2, 0) is 19.4 Å². The van der Waals surface area contributed by atoms with Gasteiger partial charge in [0.2, 0.25) is 0 Å². The zero-order valence-electron chi connectivity index (χ0n) is 11.7. The van der Waals surface area contributed by atoms with Gasteiger partial charge < -0.3 is 9.88 Å². The second kappa shape index (κ2) is 7.74. The second-order valence-electron chi connectivity index (χ2n) is 4.84. The second-order valence-corrected chi connectivity index (χ2v) is 4.84. The van der Waals surface area contributed by atoms with E-state index in [1.165, 1.54) is 17.7 Å². The Morgan fingerprint density at radius 1 is 1.11 bits per heavy atom. The molecule has 0 atom stereocenters. The first-order valence-electron chi connectivity index (χ1n) is 7.14. The van der Waals surface area contributed by atoms with Crippen molar-refractivity contribution in [3.05, 3.63) is 54.1 Å². The smallest absolute Gasteiger partial charge is 0.0949 e. The zero-order chi connectivity index (χ0) is 13.3. The molecule has 0 amide bonds. The zero-order valence-corrected chi connectivity index (χ0v) is 11.7. The fraction of sp³-hybridized carbons (Fsp3) is 0.438. The molecular formula is C16H23N3. The molecule has 0 aliphatic carbocycles. The molecule has 0 spiro atoms. The van der Waals surface area contributed by atoms with Crippen LogP contribution in [0, 0.1) is 0 Å². The van der Waals surface area contributed by atoms with E-state index >= 15 is 0 Å². The molecule has 2 rings (SSSR count). The fourth-order valence-corrected chi connectivity index (χ4v) is 2.08. The van der Waals surface area contributed by atoms with Gasteiger partial charge >= 0.3 is 0 Å². The monoisotopic (exact) mass is 257 g/mol. The summed E-state index contributed by atoms with van der Waals surface area (Å²) in [5.41, 5.74) is 2.55. The third-order valence-electron chi connectivity index (χ3n) is 3.17. The number of benzene rings is 1. The summed E-state index contributed by atoms with van der Waals surface area (Å²) in [6, 6.07) is 10.6. The highest BCUT2D eigenvalue weighted by Gasteiger charge is 1.99. The van der Waals surface area contributed by atoms with Gasteiger partial charge in [0, 0.05) is 25.7 Å². The van der Waals surface area contributed by atoms with Crippen LogP contribution in [0.4, 0.5) is 0 Å². The SMILES string of the molecule is CCCNCCc1cn(CCc2ccccc2)cn1. The summed E-state index contributed by atoms with van der Waals surface area (Å²) in [7, 11) is 0. The molecule has 0 bridgehead atoms. The number of nitrogens with one attached hydrogen (secondary N) is 1. The molecule has 0 unspecified atom stereocenters. The van der Waals surface area contributed by atoms with Crippen LogP contribution in [-0.4, -0.2) is 22.6 Å². The van der Waals surface area contributed by atoms with Gasteiger partial charge in [-0.1, -0.05) is 37.3 Å². The summed E-state index contributed by atoms with van der Waals surface area (Å²) in [6.45, 7) is 5.29. The molecule has 19 heavy (non-hydrogen) atoms. The summed E-state index contributed by atoms with van der Waals surface area (Å²) in [4.78, 5) is 4.45. The van der Waals surface area contributed by atoms with Crippen molar-refractivity contribution < 1.29 is 0 Å². The number of hydrogen-bond acceptors (Lipinski definition) is 2. The van der Waals surface area contributed by atoms with Gasteiger partial charge in [-0.05, 0) is 24.9 Å². The largest absolute Gasteiger partial charge is 0.337 e. The summed E-state index contributed by atoms with van der Waals surface area (Å²) in [6.07, 6.45) is 7.36. The molecule has 0 radical (unpaired) electrons. The number of hydrogen-bond donors (Lipinski definition) is 1. The lowest BCUT2D eigenvalue weighted by molar-refractivity contribution is 0.664. The molecular weight excluding hydrogens is 234 g/mol. The number of nitrogens with zero attached hydrogens (tertiary/aromatic N) is 2. The van der Waals surface area contributed by atoms with Gasteiger partial charge in [-0.25, -0.2) is 4.98 Å². The molecule has 0 aliphatic rings. The Morgan fingerprint density at radius 2 is 1.95 bits per heavy atom. The average molecular weight is 257 g/mol. The lowest BCUT2D eigenvalue weighted by Crippen LogP contribution is -2.17. The molecule has 1 N–H and O–H groups in total. The predicted molar refractivity (Wildman–Crippen MR) is 79.2 cm³/mol. The van der Waals surface area contributed by atoms with Crippen molar-refractivity contribution >= 4 is 0 Å². The van der Waals surface area contributed by atoms with Crippen LogP contribution >= 0.6 is 0 Å². The number of rotatable bonds is 8.